The van der Waals surface area contributed by atoms with Crippen molar-refractivity contribution in [1.82, 2.24) is 5.32 Å². The fraction of sp³-hybridized carbons (Fsp3) is 0.294. The molecule has 1 atom stereocenters. The summed E-state index contributed by atoms with van der Waals surface area (Å²) in [5.74, 6) is 1.62. The average Bonchev–Trinajstić information content (AvgIpc) is 2.53. The van der Waals surface area contributed by atoms with Crippen molar-refractivity contribution in [3.8, 4) is 28.4 Å². The topological polar surface area (TPSA) is 50.7 Å². The quantitative estimate of drug-likeness (QED) is 0.885. The van der Waals surface area contributed by atoms with Crippen molar-refractivity contribution in [2.24, 2.45) is 0 Å². The first kappa shape index (κ1) is 15.2. The molecule has 0 aliphatic heterocycles. The Balaban J connectivity index is 2.63. The van der Waals surface area contributed by atoms with Crippen LogP contribution in [0.5, 0.6) is 17.2 Å². The summed E-state index contributed by atoms with van der Waals surface area (Å²) in [5.41, 5.74) is 3.01. The maximum Gasteiger partial charge on any atom is 0.168 e. The van der Waals surface area contributed by atoms with Crippen molar-refractivity contribution >= 4 is 0 Å². The molecule has 0 aliphatic carbocycles. The molecule has 2 aromatic rings. The molecule has 0 amide bonds. The highest BCUT2D eigenvalue weighted by Crippen LogP contribution is 2.40. The van der Waals surface area contributed by atoms with E-state index < -0.39 is 0 Å². The molecule has 2 aromatic carbocycles. The Morgan fingerprint density at radius 2 is 1.71 bits per heavy atom. The fourth-order valence-corrected chi connectivity index (χ4v) is 2.26. The van der Waals surface area contributed by atoms with E-state index in [0.717, 1.165) is 16.7 Å². The number of hydrogen-bond donors (Lipinski definition) is 2. The van der Waals surface area contributed by atoms with Gasteiger partial charge in [-0.15, -0.1) is 0 Å². The van der Waals surface area contributed by atoms with E-state index in [9.17, 15) is 5.11 Å². The summed E-state index contributed by atoms with van der Waals surface area (Å²) in [7, 11) is 5.18. The summed E-state index contributed by atoms with van der Waals surface area (Å²) < 4.78 is 11.0. The Hall–Kier alpha value is -2.20. The van der Waals surface area contributed by atoms with Gasteiger partial charge in [0, 0.05) is 11.6 Å². The minimum absolute atomic E-state index is 0.195. The highest BCUT2D eigenvalue weighted by Gasteiger charge is 2.16. The second kappa shape index (κ2) is 6.50. The van der Waals surface area contributed by atoms with Crippen LogP contribution < -0.4 is 14.8 Å². The monoisotopic (exact) mass is 287 g/mol. The van der Waals surface area contributed by atoms with Gasteiger partial charge in [0.1, 0.15) is 5.75 Å². The lowest BCUT2D eigenvalue weighted by molar-refractivity contribution is 0.355. The van der Waals surface area contributed by atoms with Gasteiger partial charge in [-0.1, -0.05) is 12.1 Å². The minimum Gasteiger partial charge on any atom is -0.508 e. The first-order valence-electron chi connectivity index (χ1n) is 6.83. The van der Waals surface area contributed by atoms with Gasteiger partial charge in [-0.3, -0.25) is 0 Å². The first-order chi connectivity index (χ1) is 10.1. The molecule has 2 rings (SSSR count). The second-order valence-electron chi connectivity index (χ2n) is 4.86. The normalized spacial score (nSPS) is 12.0. The largest absolute Gasteiger partial charge is 0.508 e. The molecule has 1 unspecified atom stereocenters. The maximum absolute atomic E-state index is 9.45. The number of hydrogen-bond acceptors (Lipinski definition) is 4. The van der Waals surface area contributed by atoms with Crippen LogP contribution in [0.25, 0.3) is 11.1 Å². The second-order valence-corrected chi connectivity index (χ2v) is 4.86. The number of methoxy groups -OCH3 is 2. The SMILES string of the molecule is CNC(C)c1cc(OC)c(OC)c(-c2ccc(O)cc2)c1. The third-order valence-electron chi connectivity index (χ3n) is 3.61. The van der Waals surface area contributed by atoms with E-state index in [2.05, 4.69) is 18.3 Å². The van der Waals surface area contributed by atoms with Crippen LogP contribution in [-0.4, -0.2) is 26.4 Å². The van der Waals surface area contributed by atoms with E-state index in [1.807, 2.05) is 25.2 Å². The predicted molar refractivity (Wildman–Crippen MR) is 84.1 cm³/mol. The molecule has 0 saturated carbocycles. The van der Waals surface area contributed by atoms with E-state index in [1.165, 1.54) is 0 Å². The van der Waals surface area contributed by atoms with Crippen LogP contribution in [0.1, 0.15) is 18.5 Å². The molecule has 4 heteroatoms. The van der Waals surface area contributed by atoms with Crippen molar-refractivity contribution in [3.05, 3.63) is 42.0 Å². The smallest absolute Gasteiger partial charge is 0.168 e. The van der Waals surface area contributed by atoms with Crippen LogP contribution >= 0.6 is 0 Å². The third-order valence-corrected chi connectivity index (χ3v) is 3.61. The van der Waals surface area contributed by atoms with Crippen LogP contribution in [0.4, 0.5) is 0 Å². The predicted octanol–water partition coefficient (Wildman–Crippen LogP) is 3.36. The van der Waals surface area contributed by atoms with Crippen molar-refractivity contribution in [2.75, 3.05) is 21.3 Å². The number of aromatic hydroxyl groups is 1. The van der Waals surface area contributed by atoms with E-state index >= 15 is 0 Å². The Labute approximate surface area is 125 Å². The van der Waals surface area contributed by atoms with Crippen LogP contribution in [0.15, 0.2) is 36.4 Å². The molecule has 0 saturated heterocycles. The van der Waals surface area contributed by atoms with Crippen molar-refractivity contribution < 1.29 is 14.6 Å². The van der Waals surface area contributed by atoms with Gasteiger partial charge in [0.15, 0.2) is 11.5 Å². The Morgan fingerprint density at radius 1 is 1.05 bits per heavy atom. The standard InChI is InChI=1S/C17H21NO3/c1-11(18-2)13-9-15(12-5-7-14(19)8-6-12)17(21-4)16(10-13)20-3/h5-11,18-19H,1-4H3. The zero-order valence-electron chi connectivity index (χ0n) is 12.8. The number of phenols is 1. The summed E-state index contributed by atoms with van der Waals surface area (Å²) >= 11 is 0. The van der Waals surface area contributed by atoms with Crippen molar-refractivity contribution in [1.29, 1.82) is 0 Å². The van der Waals surface area contributed by atoms with E-state index in [1.54, 1.807) is 26.4 Å². The van der Waals surface area contributed by atoms with E-state index in [0.29, 0.717) is 11.5 Å². The number of phenolic OH excluding ortho intramolecular Hbond substituents is 1. The molecule has 0 aromatic heterocycles. The summed E-state index contributed by atoms with van der Waals surface area (Å²) in [5, 5.41) is 12.7. The van der Waals surface area contributed by atoms with Gasteiger partial charge in [-0.25, -0.2) is 0 Å². The summed E-state index contributed by atoms with van der Waals surface area (Å²) in [4.78, 5) is 0. The van der Waals surface area contributed by atoms with E-state index in [-0.39, 0.29) is 11.8 Å². The van der Waals surface area contributed by atoms with Gasteiger partial charge in [0.25, 0.3) is 0 Å². The lowest BCUT2D eigenvalue weighted by atomic mass is 9.98. The molecule has 0 bridgehead atoms. The van der Waals surface area contributed by atoms with Crippen LogP contribution in [0.2, 0.25) is 0 Å². The highest BCUT2D eigenvalue weighted by molar-refractivity contribution is 5.75. The maximum atomic E-state index is 9.45. The summed E-state index contributed by atoms with van der Waals surface area (Å²) in [6.07, 6.45) is 0. The molecular formula is C17H21NO3. The molecule has 0 aliphatic rings. The molecular weight excluding hydrogens is 266 g/mol. The number of ether oxygens (including phenoxy) is 2. The molecule has 4 nitrogen and oxygen atoms in total. The van der Waals surface area contributed by atoms with Gasteiger partial charge in [-0.2, -0.15) is 0 Å². The van der Waals surface area contributed by atoms with E-state index in [4.69, 9.17) is 9.47 Å². The highest BCUT2D eigenvalue weighted by atomic mass is 16.5. The Morgan fingerprint density at radius 3 is 2.24 bits per heavy atom. The molecule has 0 radical (unpaired) electrons. The first-order valence-corrected chi connectivity index (χ1v) is 6.83. The number of nitrogens with one attached hydrogen (secondary N) is 1. The van der Waals surface area contributed by atoms with Crippen LogP contribution in [0.3, 0.4) is 0 Å². The number of benzene rings is 2. The molecule has 112 valence electrons. The third kappa shape index (κ3) is 3.11. The fourth-order valence-electron chi connectivity index (χ4n) is 2.26. The summed E-state index contributed by atoms with van der Waals surface area (Å²) in [6, 6.07) is 11.3. The van der Waals surface area contributed by atoms with Gasteiger partial charge in [-0.05, 0) is 49.4 Å². The molecule has 2 N–H and O–H groups in total. The molecule has 21 heavy (non-hydrogen) atoms. The van der Waals surface area contributed by atoms with Gasteiger partial charge in [0.2, 0.25) is 0 Å². The average molecular weight is 287 g/mol. The zero-order valence-corrected chi connectivity index (χ0v) is 12.8. The van der Waals surface area contributed by atoms with Crippen LogP contribution in [0, 0.1) is 0 Å². The van der Waals surface area contributed by atoms with Gasteiger partial charge in [0.05, 0.1) is 14.2 Å². The van der Waals surface area contributed by atoms with Crippen molar-refractivity contribution in [3.63, 3.8) is 0 Å². The van der Waals surface area contributed by atoms with Crippen LogP contribution in [-0.2, 0) is 0 Å². The number of rotatable bonds is 5. The molecule has 0 fully saturated rings. The van der Waals surface area contributed by atoms with Gasteiger partial charge < -0.3 is 19.9 Å². The Bertz CT molecular complexity index is 608. The zero-order chi connectivity index (χ0) is 15.4. The summed E-state index contributed by atoms with van der Waals surface area (Å²) in [6.45, 7) is 2.09. The lowest BCUT2D eigenvalue weighted by Crippen LogP contribution is -2.12. The minimum atomic E-state index is 0.195. The van der Waals surface area contributed by atoms with Gasteiger partial charge >= 0.3 is 0 Å². The Kier molecular flexibility index (Phi) is 4.70. The van der Waals surface area contributed by atoms with Crippen molar-refractivity contribution in [2.45, 2.75) is 13.0 Å². The lowest BCUT2D eigenvalue weighted by Gasteiger charge is -2.18. The molecule has 0 spiro atoms. The molecule has 0 heterocycles.